The first-order valence-electron chi connectivity index (χ1n) is 7.39. The number of rotatable bonds is 10. The van der Waals surface area contributed by atoms with Gasteiger partial charge in [0, 0.05) is 10.4 Å². The molecule has 11 N–H and O–H groups in total. The Kier molecular flexibility index (Phi) is 23.3. The summed E-state index contributed by atoms with van der Waals surface area (Å²) in [6, 6.07) is -1.26. The number of hydrogen-bond donors (Lipinski definition) is 10. The van der Waals surface area contributed by atoms with Gasteiger partial charge in [-0.2, -0.15) is 0 Å². The van der Waals surface area contributed by atoms with Crippen LogP contribution in [0.1, 0.15) is 0 Å². The van der Waals surface area contributed by atoms with Crippen LogP contribution in [0.15, 0.2) is 0 Å². The maximum Gasteiger partial charge on any atom is 2.00 e. The monoisotopic (exact) mass is 518 g/mol. The van der Waals surface area contributed by atoms with E-state index >= 15 is 0 Å². The molecule has 30 heavy (non-hydrogen) atoms. The molecule has 0 aliphatic carbocycles. The Bertz CT molecular complexity index is 498. The van der Waals surface area contributed by atoms with Crippen LogP contribution in [0.4, 0.5) is 0 Å². The van der Waals surface area contributed by atoms with Crippen LogP contribution >= 0.6 is 0 Å². The van der Waals surface area contributed by atoms with E-state index in [9.17, 15) is 9.59 Å². The van der Waals surface area contributed by atoms with Crippen molar-refractivity contribution >= 4 is 23.0 Å². The van der Waals surface area contributed by atoms with Crippen LogP contribution in [-0.4, -0.2) is 138 Å². The van der Waals surface area contributed by atoms with Gasteiger partial charge in [-0.1, -0.05) is 0 Å². The van der Waals surface area contributed by atoms with Crippen LogP contribution in [0, 0.1) is 0 Å². The van der Waals surface area contributed by atoms with Crippen LogP contribution in [0.5, 0.6) is 0 Å². The van der Waals surface area contributed by atoms with Crippen molar-refractivity contribution in [2.45, 2.75) is 48.8 Å². The Morgan fingerprint density at radius 2 is 1.03 bits per heavy atom. The molecule has 0 aromatic carbocycles. The van der Waals surface area contributed by atoms with E-state index in [2.05, 4.69) is 0 Å². The van der Waals surface area contributed by atoms with Gasteiger partial charge in [0.25, 0.3) is 0 Å². The molecular formula is C12H25CuNO15S. The van der Waals surface area contributed by atoms with E-state index in [0.717, 1.165) is 0 Å². The molecule has 8 atom stereocenters. The zero-order chi connectivity index (χ0) is 23.9. The molecular weight excluding hydrogens is 494 g/mol. The minimum Gasteiger partial charge on any atom is -0.759 e. The third-order valence-corrected chi connectivity index (χ3v) is 2.90. The van der Waals surface area contributed by atoms with E-state index in [-0.39, 0.29) is 29.6 Å². The summed E-state index contributed by atoms with van der Waals surface area (Å²) in [6.07, 6.45) is -11.3. The number of hydrogen-bond acceptors (Lipinski definition) is 16. The second-order valence-corrected chi connectivity index (χ2v) is 6.03. The summed E-state index contributed by atoms with van der Waals surface area (Å²) in [5, 5.41) is 78.7. The van der Waals surface area contributed by atoms with Gasteiger partial charge in [-0.3, -0.25) is 8.42 Å². The van der Waals surface area contributed by atoms with Gasteiger partial charge in [0.15, 0.2) is 6.29 Å². The SMILES string of the molecule is N[C@@H](C=O)[C@@H](O)[C@H](O)[C@H](O)CO.O=C[C@H](O)[C@@H](O)[C@@H](O)[C@H](O)CO.O=S(=O)([O-])[O-].[Cu+2]. The molecule has 0 aromatic rings. The summed E-state index contributed by atoms with van der Waals surface area (Å²) in [6.45, 7) is -1.46. The normalized spacial score (nSPS) is 18.8. The largest absolute Gasteiger partial charge is 2.00 e. The molecule has 1 radical (unpaired) electrons. The van der Waals surface area contributed by atoms with Gasteiger partial charge in [0.1, 0.15) is 49.0 Å². The third-order valence-electron chi connectivity index (χ3n) is 2.90. The number of nitrogens with two attached hydrogens (primary N) is 1. The van der Waals surface area contributed by atoms with Crippen molar-refractivity contribution < 1.29 is 90.1 Å². The Morgan fingerprint density at radius 1 is 0.733 bits per heavy atom. The van der Waals surface area contributed by atoms with Gasteiger partial charge < -0.3 is 70.4 Å². The van der Waals surface area contributed by atoms with Crippen molar-refractivity contribution in [3.8, 4) is 0 Å². The maximum absolute atomic E-state index is 10.0. The molecule has 0 fully saturated rings. The smallest absolute Gasteiger partial charge is 0.759 e. The topological polar surface area (TPSA) is 322 Å². The van der Waals surface area contributed by atoms with E-state index in [1.54, 1.807) is 0 Å². The van der Waals surface area contributed by atoms with Gasteiger partial charge in [0.2, 0.25) is 0 Å². The second-order valence-electron chi connectivity index (χ2n) is 5.21. The molecule has 0 aliphatic heterocycles. The summed E-state index contributed by atoms with van der Waals surface area (Å²) in [5.74, 6) is 0. The molecule has 0 saturated carbocycles. The Hall–Kier alpha value is -0.671. The van der Waals surface area contributed by atoms with Gasteiger partial charge in [-0.25, -0.2) is 0 Å². The summed E-state index contributed by atoms with van der Waals surface area (Å²) in [7, 11) is -5.17. The molecule has 16 nitrogen and oxygen atoms in total. The number of carbonyl (C=O) groups is 2. The number of aliphatic hydroxyl groups is 9. The van der Waals surface area contributed by atoms with Crippen molar-refractivity contribution in [1.29, 1.82) is 0 Å². The number of carbonyl (C=O) groups excluding carboxylic acids is 2. The van der Waals surface area contributed by atoms with Crippen molar-refractivity contribution in [2.24, 2.45) is 5.73 Å². The molecule has 0 saturated heterocycles. The van der Waals surface area contributed by atoms with Gasteiger partial charge >= 0.3 is 17.1 Å². The van der Waals surface area contributed by atoms with Crippen molar-refractivity contribution in [1.82, 2.24) is 0 Å². The molecule has 0 aromatic heterocycles. The molecule has 0 bridgehead atoms. The van der Waals surface area contributed by atoms with Crippen LogP contribution in [0.25, 0.3) is 0 Å². The van der Waals surface area contributed by atoms with Crippen LogP contribution in [0.2, 0.25) is 0 Å². The van der Waals surface area contributed by atoms with Crippen LogP contribution in [0.3, 0.4) is 0 Å². The Labute approximate surface area is 181 Å². The minimum absolute atomic E-state index is 0. The van der Waals surface area contributed by atoms with E-state index in [1.807, 2.05) is 0 Å². The van der Waals surface area contributed by atoms with Gasteiger partial charge in [-0.05, 0) is 0 Å². The molecule has 0 rings (SSSR count). The summed E-state index contributed by atoms with van der Waals surface area (Å²) in [4.78, 5) is 19.9. The average molecular weight is 519 g/mol. The zero-order valence-electron chi connectivity index (χ0n) is 14.9. The molecule has 185 valence electrons. The quantitative estimate of drug-likeness (QED) is 0.0554. The van der Waals surface area contributed by atoms with Crippen LogP contribution in [-0.2, 0) is 37.1 Å². The molecule has 0 aliphatic rings. The molecule has 0 heterocycles. The van der Waals surface area contributed by atoms with E-state index in [4.69, 9.17) is 69.2 Å². The third kappa shape index (κ3) is 19.3. The number of aliphatic hydroxyl groups excluding tert-OH is 9. The molecule has 0 spiro atoms. The summed E-state index contributed by atoms with van der Waals surface area (Å²) < 4.78 is 34.1. The van der Waals surface area contributed by atoms with Crippen molar-refractivity contribution in [3.63, 3.8) is 0 Å². The average Bonchev–Trinajstić information content (AvgIpc) is 2.67. The minimum atomic E-state index is -5.17. The van der Waals surface area contributed by atoms with Crippen LogP contribution < -0.4 is 5.73 Å². The summed E-state index contributed by atoms with van der Waals surface area (Å²) in [5.41, 5.74) is 5.04. The predicted octanol–water partition coefficient (Wildman–Crippen LogP) is -8.13. The summed E-state index contributed by atoms with van der Waals surface area (Å²) >= 11 is 0. The first kappa shape index (κ1) is 36.7. The number of aldehydes is 2. The molecule has 0 unspecified atom stereocenters. The Morgan fingerprint density at radius 3 is 1.27 bits per heavy atom. The molecule has 18 heteroatoms. The fourth-order valence-electron chi connectivity index (χ4n) is 1.26. The second kappa shape index (κ2) is 19.0. The first-order valence-corrected chi connectivity index (χ1v) is 8.73. The van der Waals surface area contributed by atoms with Gasteiger partial charge in [-0.15, -0.1) is 0 Å². The van der Waals surface area contributed by atoms with Crippen molar-refractivity contribution in [2.75, 3.05) is 13.2 Å². The maximum atomic E-state index is 10.0. The van der Waals surface area contributed by atoms with Crippen molar-refractivity contribution in [3.05, 3.63) is 0 Å². The fraction of sp³-hybridized carbons (Fsp3) is 0.833. The first-order chi connectivity index (χ1) is 13.1. The zero-order valence-corrected chi connectivity index (χ0v) is 16.7. The predicted molar refractivity (Wildman–Crippen MR) is 86.8 cm³/mol. The standard InChI is InChI=1S/C6H13NO5.C6H12O6.Cu.H2O4S/c7-3(1-8)5(11)6(12)4(10)2-9;7-1-3(9)5(11)6(12)4(10)2-8;;1-5(2,3)4/h1,3-6,9-12H,2,7H2;1,3-6,8-12H,2H2;;(H2,1,2,3,4)/q;;+2;/p-2/t3-,4+,5+,6+;3-,4+,5+,6-;;/m00../s1. The molecule has 0 amide bonds. The van der Waals surface area contributed by atoms with Gasteiger partial charge in [0.05, 0.1) is 19.3 Å². The van der Waals surface area contributed by atoms with E-state index < -0.39 is 72.4 Å². The fourth-order valence-corrected chi connectivity index (χ4v) is 1.26. The Balaban J connectivity index is -0.000000180. The van der Waals surface area contributed by atoms with E-state index in [0.29, 0.717) is 0 Å². The van der Waals surface area contributed by atoms with E-state index in [1.165, 1.54) is 0 Å².